The van der Waals surface area contributed by atoms with Crippen molar-refractivity contribution in [1.29, 1.82) is 0 Å². The number of ether oxygens (including phenoxy) is 2. The van der Waals surface area contributed by atoms with Gasteiger partial charge in [-0.3, -0.25) is 4.79 Å². The van der Waals surface area contributed by atoms with Gasteiger partial charge in [0.05, 0.1) is 7.11 Å². The summed E-state index contributed by atoms with van der Waals surface area (Å²) in [6, 6.07) is 6.30. The number of carbonyl (C=O) groups is 1. The lowest BCUT2D eigenvalue weighted by Gasteiger charge is -2.18. The first-order valence-electron chi connectivity index (χ1n) is 8.56. The molecule has 1 saturated carbocycles. The molecule has 1 fully saturated rings. The van der Waals surface area contributed by atoms with Crippen molar-refractivity contribution in [3.63, 3.8) is 0 Å². The Morgan fingerprint density at radius 3 is 2.70 bits per heavy atom. The summed E-state index contributed by atoms with van der Waals surface area (Å²) in [6.45, 7) is 3.55. The van der Waals surface area contributed by atoms with E-state index in [4.69, 9.17) is 9.47 Å². The molecule has 0 radical (unpaired) electrons. The number of nitrogens with one attached hydrogen (secondary N) is 1. The van der Waals surface area contributed by atoms with Gasteiger partial charge in [0.15, 0.2) is 0 Å². The first kappa shape index (κ1) is 17.8. The van der Waals surface area contributed by atoms with E-state index < -0.39 is 0 Å². The second kappa shape index (κ2) is 8.92. The van der Waals surface area contributed by atoms with Crippen molar-refractivity contribution in [2.45, 2.75) is 44.9 Å². The van der Waals surface area contributed by atoms with Gasteiger partial charge in [-0.05, 0) is 61.6 Å². The molecule has 2 rings (SSSR count). The highest BCUT2D eigenvalue weighted by molar-refractivity contribution is 5.77. The highest BCUT2D eigenvalue weighted by Gasteiger charge is 2.33. The molecule has 1 aromatic rings. The zero-order valence-corrected chi connectivity index (χ0v) is 14.6. The molecule has 0 saturated heterocycles. The fourth-order valence-electron chi connectivity index (χ4n) is 3.06. The van der Waals surface area contributed by atoms with Gasteiger partial charge in [-0.1, -0.05) is 12.1 Å². The van der Waals surface area contributed by atoms with Crippen LogP contribution in [-0.2, 0) is 9.53 Å². The summed E-state index contributed by atoms with van der Waals surface area (Å²) in [5.41, 5.74) is 2.40. The molecule has 4 heteroatoms. The van der Waals surface area contributed by atoms with Gasteiger partial charge in [-0.15, -0.1) is 0 Å². The molecule has 0 aromatic heterocycles. The Balaban J connectivity index is 1.89. The number of hydrogen-bond acceptors (Lipinski definition) is 3. The SMILES string of the molecule is COCCCCNC(=O)CC(c1ccc(OC)c(C)c1)C1CC1. The number of rotatable bonds is 10. The van der Waals surface area contributed by atoms with Crippen molar-refractivity contribution in [3.05, 3.63) is 29.3 Å². The Hall–Kier alpha value is -1.55. The van der Waals surface area contributed by atoms with Crippen molar-refractivity contribution in [2.24, 2.45) is 5.92 Å². The molecule has 0 bridgehead atoms. The van der Waals surface area contributed by atoms with Gasteiger partial charge in [-0.2, -0.15) is 0 Å². The van der Waals surface area contributed by atoms with Crippen molar-refractivity contribution >= 4 is 5.91 Å². The van der Waals surface area contributed by atoms with E-state index in [2.05, 4.69) is 24.4 Å². The topological polar surface area (TPSA) is 47.6 Å². The van der Waals surface area contributed by atoms with Crippen molar-refractivity contribution in [3.8, 4) is 5.75 Å². The zero-order chi connectivity index (χ0) is 16.7. The van der Waals surface area contributed by atoms with Crippen LogP contribution < -0.4 is 10.1 Å². The van der Waals surface area contributed by atoms with Crippen molar-refractivity contribution < 1.29 is 14.3 Å². The molecule has 4 nitrogen and oxygen atoms in total. The zero-order valence-electron chi connectivity index (χ0n) is 14.6. The third kappa shape index (κ3) is 5.54. The Morgan fingerprint density at radius 2 is 2.09 bits per heavy atom. The molecule has 1 atom stereocenters. The number of aryl methyl sites for hydroxylation is 1. The Labute approximate surface area is 139 Å². The number of unbranched alkanes of at least 4 members (excludes halogenated alkanes) is 1. The average molecular weight is 319 g/mol. The van der Waals surface area contributed by atoms with Gasteiger partial charge in [-0.25, -0.2) is 0 Å². The standard InChI is InChI=1S/C19H29NO3/c1-14-12-16(8-9-18(14)23-3)17(15-6-7-15)13-19(21)20-10-4-5-11-22-2/h8-9,12,15,17H,4-7,10-11,13H2,1-3H3,(H,20,21). The minimum absolute atomic E-state index is 0.160. The third-order valence-corrected chi connectivity index (χ3v) is 4.54. The van der Waals surface area contributed by atoms with Crippen LogP contribution in [0.4, 0.5) is 0 Å². The van der Waals surface area contributed by atoms with E-state index >= 15 is 0 Å². The minimum atomic E-state index is 0.160. The molecule has 1 aromatic carbocycles. The van der Waals surface area contributed by atoms with E-state index in [1.54, 1.807) is 14.2 Å². The van der Waals surface area contributed by atoms with Crippen molar-refractivity contribution in [2.75, 3.05) is 27.4 Å². The fourth-order valence-corrected chi connectivity index (χ4v) is 3.06. The molecule has 1 aliphatic rings. The van der Waals surface area contributed by atoms with Crippen LogP contribution in [0.15, 0.2) is 18.2 Å². The summed E-state index contributed by atoms with van der Waals surface area (Å²) < 4.78 is 10.4. The summed E-state index contributed by atoms with van der Waals surface area (Å²) in [5, 5.41) is 3.04. The molecule has 1 aliphatic carbocycles. The maximum atomic E-state index is 12.2. The normalized spacial score (nSPS) is 15.3. The lowest BCUT2D eigenvalue weighted by molar-refractivity contribution is -0.121. The second-order valence-corrected chi connectivity index (χ2v) is 6.43. The fraction of sp³-hybridized carbons (Fsp3) is 0.632. The average Bonchev–Trinajstić information content (AvgIpc) is 3.37. The molecule has 1 amide bonds. The second-order valence-electron chi connectivity index (χ2n) is 6.43. The summed E-state index contributed by atoms with van der Waals surface area (Å²) in [4.78, 5) is 12.2. The van der Waals surface area contributed by atoms with Gasteiger partial charge < -0.3 is 14.8 Å². The number of benzene rings is 1. The van der Waals surface area contributed by atoms with Gasteiger partial charge in [0.1, 0.15) is 5.75 Å². The Bertz CT molecular complexity index is 511. The van der Waals surface area contributed by atoms with E-state index in [0.29, 0.717) is 18.3 Å². The van der Waals surface area contributed by atoms with Crippen LogP contribution in [-0.4, -0.2) is 33.3 Å². The van der Waals surface area contributed by atoms with Gasteiger partial charge in [0, 0.05) is 26.7 Å². The monoisotopic (exact) mass is 319 g/mol. The predicted molar refractivity (Wildman–Crippen MR) is 91.9 cm³/mol. The molecule has 128 valence electrons. The molecular formula is C19H29NO3. The van der Waals surface area contributed by atoms with Crippen LogP contribution in [0.2, 0.25) is 0 Å². The maximum Gasteiger partial charge on any atom is 0.220 e. The molecule has 23 heavy (non-hydrogen) atoms. The van der Waals surface area contributed by atoms with E-state index in [0.717, 1.165) is 37.3 Å². The lowest BCUT2D eigenvalue weighted by atomic mass is 9.89. The largest absolute Gasteiger partial charge is 0.496 e. The summed E-state index contributed by atoms with van der Waals surface area (Å²) in [7, 11) is 3.40. The highest BCUT2D eigenvalue weighted by atomic mass is 16.5. The molecule has 1 unspecified atom stereocenters. The minimum Gasteiger partial charge on any atom is -0.496 e. The number of hydrogen-bond donors (Lipinski definition) is 1. The van der Waals surface area contributed by atoms with Crippen LogP contribution in [0.3, 0.4) is 0 Å². The number of methoxy groups -OCH3 is 2. The predicted octanol–water partition coefficient (Wildman–Crippen LogP) is 3.43. The summed E-state index contributed by atoms with van der Waals surface area (Å²) >= 11 is 0. The van der Waals surface area contributed by atoms with Crippen LogP contribution in [0.5, 0.6) is 5.75 Å². The van der Waals surface area contributed by atoms with E-state index in [9.17, 15) is 4.79 Å². The molecule has 0 spiro atoms. The van der Waals surface area contributed by atoms with Gasteiger partial charge in [0.2, 0.25) is 5.91 Å². The Kier molecular flexibility index (Phi) is 6.90. The van der Waals surface area contributed by atoms with Crippen LogP contribution in [0.1, 0.15) is 49.1 Å². The molecule has 0 aliphatic heterocycles. The van der Waals surface area contributed by atoms with Gasteiger partial charge in [0.25, 0.3) is 0 Å². The van der Waals surface area contributed by atoms with Crippen molar-refractivity contribution in [1.82, 2.24) is 5.32 Å². The lowest BCUT2D eigenvalue weighted by Crippen LogP contribution is -2.26. The smallest absolute Gasteiger partial charge is 0.220 e. The van der Waals surface area contributed by atoms with E-state index in [-0.39, 0.29) is 5.91 Å². The summed E-state index contributed by atoms with van der Waals surface area (Å²) in [6.07, 6.45) is 5.00. The Morgan fingerprint density at radius 1 is 1.30 bits per heavy atom. The van der Waals surface area contributed by atoms with Crippen LogP contribution in [0, 0.1) is 12.8 Å². The highest BCUT2D eigenvalue weighted by Crippen LogP contribution is 2.45. The molecule has 0 heterocycles. The van der Waals surface area contributed by atoms with Crippen LogP contribution in [0.25, 0.3) is 0 Å². The quantitative estimate of drug-likeness (QED) is 0.672. The first-order valence-corrected chi connectivity index (χ1v) is 8.56. The third-order valence-electron chi connectivity index (χ3n) is 4.54. The molecule has 1 N–H and O–H groups in total. The molecular weight excluding hydrogens is 290 g/mol. The summed E-state index contributed by atoms with van der Waals surface area (Å²) in [5.74, 6) is 2.05. The van der Waals surface area contributed by atoms with E-state index in [1.807, 2.05) is 6.07 Å². The van der Waals surface area contributed by atoms with Crippen LogP contribution >= 0.6 is 0 Å². The number of amides is 1. The number of carbonyl (C=O) groups excluding carboxylic acids is 1. The van der Waals surface area contributed by atoms with Gasteiger partial charge >= 0.3 is 0 Å². The van der Waals surface area contributed by atoms with E-state index in [1.165, 1.54) is 18.4 Å². The first-order chi connectivity index (χ1) is 11.2. The maximum absolute atomic E-state index is 12.2.